The molecule has 4 nitrogen and oxygen atoms in total. The number of rotatable bonds is 4. The number of allylic oxidation sites excluding steroid dienone is 5. The first kappa shape index (κ1) is 13.7. The molecule has 5 heteroatoms. The molecule has 1 atom stereocenters. The Labute approximate surface area is 103 Å². The molecule has 1 saturated heterocycles. The van der Waals surface area contributed by atoms with Gasteiger partial charge in [-0.25, -0.2) is 8.42 Å². The van der Waals surface area contributed by atoms with Crippen molar-refractivity contribution < 1.29 is 13.5 Å². The molecule has 0 aromatic carbocycles. The van der Waals surface area contributed by atoms with Crippen LogP contribution in [0.1, 0.15) is 6.42 Å². The number of aliphatic hydroxyl groups is 1. The zero-order valence-corrected chi connectivity index (χ0v) is 10.5. The highest BCUT2D eigenvalue weighted by atomic mass is 32.2. The highest BCUT2D eigenvalue weighted by molar-refractivity contribution is 7.70. The van der Waals surface area contributed by atoms with Crippen LogP contribution in [0.3, 0.4) is 0 Å². The molecule has 0 radical (unpaired) electrons. The second-order valence-corrected chi connectivity index (χ2v) is 4.75. The molecule has 0 bridgehead atoms. The average molecular weight is 255 g/mol. The zero-order chi connectivity index (χ0) is 12.8. The van der Waals surface area contributed by atoms with E-state index in [9.17, 15) is 13.5 Å². The summed E-state index contributed by atoms with van der Waals surface area (Å²) in [7, 11) is -2.71. The molecule has 1 rings (SSSR count). The highest BCUT2D eigenvalue weighted by Gasteiger charge is 2.27. The van der Waals surface area contributed by atoms with E-state index in [4.69, 9.17) is 0 Å². The lowest BCUT2D eigenvalue weighted by Gasteiger charge is -2.33. The fourth-order valence-electron chi connectivity index (χ4n) is 1.87. The van der Waals surface area contributed by atoms with Crippen molar-refractivity contribution in [1.29, 1.82) is 0 Å². The largest absolute Gasteiger partial charge is 0.396 e. The summed E-state index contributed by atoms with van der Waals surface area (Å²) in [5.41, 5.74) is 1.46. The molecule has 1 heterocycles. The van der Waals surface area contributed by atoms with Gasteiger partial charge in [0, 0.05) is 19.1 Å². The molecule has 0 aliphatic carbocycles. The van der Waals surface area contributed by atoms with Crippen molar-refractivity contribution in [1.82, 2.24) is 4.31 Å². The molecule has 0 aromatic rings. The van der Waals surface area contributed by atoms with Gasteiger partial charge >= 0.3 is 0 Å². The topological polar surface area (TPSA) is 57.6 Å². The fraction of sp³-hybridized carbons (Fsp3) is 0.333. The number of piperidine rings is 1. The summed E-state index contributed by atoms with van der Waals surface area (Å²) in [5.74, 6) is -0.0731. The second kappa shape index (κ2) is 6.42. The van der Waals surface area contributed by atoms with Gasteiger partial charge in [0.05, 0.1) is 5.70 Å². The molecule has 0 saturated carbocycles. The quantitative estimate of drug-likeness (QED) is 0.737. The van der Waals surface area contributed by atoms with Crippen molar-refractivity contribution in [3.8, 4) is 0 Å². The van der Waals surface area contributed by atoms with Crippen molar-refractivity contribution in [2.24, 2.45) is 5.92 Å². The van der Waals surface area contributed by atoms with Crippen LogP contribution in [-0.4, -0.2) is 31.0 Å². The van der Waals surface area contributed by atoms with E-state index in [1.165, 1.54) is 4.31 Å². The van der Waals surface area contributed by atoms with Crippen LogP contribution < -0.4 is 0 Å². The minimum absolute atomic E-state index is 0.0322. The van der Waals surface area contributed by atoms with Crippen molar-refractivity contribution in [2.45, 2.75) is 6.42 Å². The Morgan fingerprint density at radius 3 is 2.47 bits per heavy atom. The SMILES string of the molecule is C=C/C=C1/C[C@@H](CO)CN([SH](=O)=O)/C1=C/C=C. The molecule has 94 valence electrons. The van der Waals surface area contributed by atoms with Crippen molar-refractivity contribution in [2.75, 3.05) is 13.2 Å². The van der Waals surface area contributed by atoms with Crippen LogP contribution >= 0.6 is 0 Å². The summed E-state index contributed by atoms with van der Waals surface area (Å²) in [6, 6.07) is 0. The molecular formula is C12H17NO3S. The molecule has 1 aliphatic heterocycles. The van der Waals surface area contributed by atoms with Crippen LogP contribution in [0.2, 0.25) is 0 Å². The number of hydrogen-bond acceptors (Lipinski definition) is 3. The summed E-state index contributed by atoms with van der Waals surface area (Å²) < 4.78 is 23.7. The van der Waals surface area contributed by atoms with Crippen molar-refractivity contribution >= 4 is 10.9 Å². The first-order chi connectivity index (χ1) is 8.13. The smallest absolute Gasteiger partial charge is 0.225 e. The van der Waals surface area contributed by atoms with Crippen molar-refractivity contribution in [3.63, 3.8) is 0 Å². The van der Waals surface area contributed by atoms with E-state index in [0.29, 0.717) is 18.7 Å². The molecule has 0 spiro atoms. The Morgan fingerprint density at radius 2 is 2.00 bits per heavy atom. The lowest BCUT2D eigenvalue weighted by atomic mass is 9.93. The van der Waals surface area contributed by atoms with E-state index in [1.54, 1.807) is 24.3 Å². The van der Waals surface area contributed by atoms with Gasteiger partial charge in [-0.1, -0.05) is 31.4 Å². The van der Waals surface area contributed by atoms with Crippen LogP contribution in [-0.2, 0) is 10.9 Å². The van der Waals surface area contributed by atoms with E-state index < -0.39 is 10.9 Å². The average Bonchev–Trinajstić information content (AvgIpc) is 2.31. The maximum Gasteiger partial charge on any atom is 0.225 e. The number of nitrogens with zero attached hydrogens (tertiary/aromatic N) is 1. The van der Waals surface area contributed by atoms with E-state index in [0.717, 1.165) is 5.57 Å². The monoisotopic (exact) mass is 255 g/mol. The van der Waals surface area contributed by atoms with Crippen LogP contribution in [0.25, 0.3) is 0 Å². The first-order valence-electron chi connectivity index (χ1n) is 5.31. The Morgan fingerprint density at radius 1 is 1.35 bits per heavy atom. The molecule has 1 N–H and O–H groups in total. The third-order valence-electron chi connectivity index (χ3n) is 2.60. The summed E-state index contributed by atoms with van der Waals surface area (Å²) >= 11 is 0. The van der Waals surface area contributed by atoms with E-state index in [2.05, 4.69) is 13.2 Å². The minimum Gasteiger partial charge on any atom is -0.396 e. The van der Waals surface area contributed by atoms with Crippen LogP contribution in [0.15, 0.2) is 48.7 Å². The molecule has 0 aromatic heterocycles. The van der Waals surface area contributed by atoms with Crippen LogP contribution in [0, 0.1) is 5.92 Å². The van der Waals surface area contributed by atoms with E-state index in [-0.39, 0.29) is 12.5 Å². The molecular weight excluding hydrogens is 238 g/mol. The molecule has 0 unspecified atom stereocenters. The highest BCUT2D eigenvalue weighted by Crippen LogP contribution is 2.30. The van der Waals surface area contributed by atoms with Gasteiger partial charge in [0.15, 0.2) is 0 Å². The second-order valence-electron chi connectivity index (χ2n) is 3.79. The molecule has 1 aliphatic rings. The van der Waals surface area contributed by atoms with Gasteiger partial charge < -0.3 is 5.11 Å². The Bertz CT molecular complexity index is 427. The number of hydrogen-bond donors (Lipinski definition) is 2. The summed E-state index contributed by atoms with van der Waals surface area (Å²) in [5, 5.41) is 9.18. The van der Waals surface area contributed by atoms with Crippen molar-refractivity contribution in [3.05, 3.63) is 48.7 Å². The lowest BCUT2D eigenvalue weighted by Crippen LogP contribution is -2.35. The maximum atomic E-state index is 11.2. The van der Waals surface area contributed by atoms with Gasteiger partial charge in [-0.3, -0.25) is 4.31 Å². The maximum absolute atomic E-state index is 11.2. The van der Waals surface area contributed by atoms with Gasteiger partial charge in [0.25, 0.3) is 0 Å². The lowest BCUT2D eigenvalue weighted by molar-refractivity contribution is 0.199. The third-order valence-corrected chi connectivity index (χ3v) is 3.37. The van der Waals surface area contributed by atoms with Gasteiger partial charge in [-0.05, 0) is 18.1 Å². The fourth-order valence-corrected chi connectivity index (χ4v) is 2.60. The number of thiol groups is 1. The van der Waals surface area contributed by atoms with Gasteiger partial charge in [-0.2, -0.15) is 0 Å². The van der Waals surface area contributed by atoms with Crippen LogP contribution in [0.4, 0.5) is 0 Å². The molecule has 17 heavy (non-hydrogen) atoms. The molecule has 1 fully saturated rings. The Hall–Kier alpha value is -1.33. The predicted molar refractivity (Wildman–Crippen MR) is 68.8 cm³/mol. The normalized spacial score (nSPS) is 25.5. The van der Waals surface area contributed by atoms with E-state index >= 15 is 0 Å². The molecule has 0 amide bonds. The summed E-state index contributed by atoms with van der Waals surface area (Å²) in [6.07, 6.45) is 7.23. The Kier molecular flexibility index (Phi) is 5.18. The summed E-state index contributed by atoms with van der Waals surface area (Å²) in [6.45, 7) is 7.47. The van der Waals surface area contributed by atoms with Gasteiger partial charge in [0.2, 0.25) is 10.9 Å². The predicted octanol–water partition coefficient (Wildman–Crippen LogP) is 1.01. The van der Waals surface area contributed by atoms with E-state index in [1.807, 2.05) is 0 Å². The third kappa shape index (κ3) is 3.31. The first-order valence-corrected chi connectivity index (χ1v) is 6.44. The summed E-state index contributed by atoms with van der Waals surface area (Å²) in [4.78, 5) is 0. The standard InChI is InChI=1S/C12H17NO3S/c1-3-5-11-7-10(9-14)8-13(17(15)16)12(11)6-4-2/h3-6,10,14,17H,1-2,7-9H2/b11-5-,12-6+/t10-/m1/s1. The zero-order valence-electron chi connectivity index (χ0n) is 9.58. The number of aliphatic hydroxyl groups excluding tert-OH is 1. The van der Waals surface area contributed by atoms with Crippen LogP contribution in [0.5, 0.6) is 0 Å². The Balaban J connectivity index is 3.18. The van der Waals surface area contributed by atoms with Gasteiger partial charge in [-0.15, -0.1) is 0 Å². The minimum atomic E-state index is -2.71. The van der Waals surface area contributed by atoms with Gasteiger partial charge in [0.1, 0.15) is 0 Å².